The zero-order valence-corrected chi connectivity index (χ0v) is 17.7. The summed E-state index contributed by atoms with van der Waals surface area (Å²) in [4.78, 5) is 30.9. The fourth-order valence-electron chi connectivity index (χ4n) is 4.56. The normalized spacial score (nSPS) is 16.8. The summed E-state index contributed by atoms with van der Waals surface area (Å²) in [6, 6.07) is 25.6. The Labute approximate surface area is 194 Å². The Morgan fingerprint density at radius 2 is 0.824 bits per heavy atom. The molecule has 4 aromatic carbocycles. The van der Waals surface area contributed by atoms with E-state index in [9.17, 15) is 18.4 Å². The third-order valence-electron chi connectivity index (χ3n) is 6.05. The SMILES string of the molecule is O=C1/C(=C2\C(=O)c3ccccc3N2c2ccc(F)cc2)N(c2ccc(F)cc2)c2ccccc21. The number of ketones is 2. The summed E-state index contributed by atoms with van der Waals surface area (Å²) >= 11 is 0. The number of allylic oxidation sites excluding steroid dienone is 2. The maximum atomic E-state index is 13.7. The van der Waals surface area contributed by atoms with Gasteiger partial charge in [-0.2, -0.15) is 0 Å². The van der Waals surface area contributed by atoms with Gasteiger partial charge in [-0.15, -0.1) is 0 Å². The van der Waals surface area contributed by atoms with Crippen LogP contribution < -0.4 is 9.80 Å². The smallest absolute Gasteiger partial charge is 0.214 e. The van der Waals surface area contributed by atoms with E-state index in [2.05, 4.69) is 0 Å². The van der Waals surface area contributed by atoms with Gasteiger partial charge in [-0.1, -0.05) is 24.3 Å². The largest absolute Gasteiger partial charge is 0.304 e. The first-order valence-electron chi connectivity index (χ1n) is 10.7. The van der Waals surface area contributed by atoms with Crippen LogP contribution >= 0.6 is 0 Å². The van der Waals surface area contributed by atoms with Crippen molar-refractivity contribution in [3.8, 4) is 0 Å². The van der Waals surface area contributed by atoms with Crippen molar-refractivity contribution in [3.05, 3.63) is 131 Å². The Bertz CT molecular complexity index is 1390. The predicted octanol–water partition coefficient (Wildman–Crippen LogP) is 6.55. The zero-order chi connectivity index (χ0) is 23.4. The molecule has 0 radical (unpaired) electrons. The van der Waals surface area contributed by atoms with Gasteiger partial charge in [0, 0.05) is 22.5 Å². The number of Topliss-reactive ketones (excluding diaryl/α,β-unsaturated/α-hetero) is 2. The number of rotatable bonds is 2. The Hall–Kier alpha value is -4.58. The lowest BCUT2D eigenvalue weighted by Crippen LogP contribution is -2.25. The molecule has 4 nitrogen and oxygen atoms in total. The topological polar surface area (TPSA) is 40.6 Å². The van der Waals surface area contributed by atoms with Gasteiger partial charge in [0.2, 0.25) is 11.6 Å². The van der Waals surface area contributed by atoms with E-state index in [-0.39, 0.29) is 23.0 Å². The molecule has 0 N–H and O–H groups in total. The highest BCUT2D eigenvalue weighted by Crippen LogP contribution is 2.47. The number of anilines is 4. The molecule has 4 aromatic rings. The number of carbonyl (C=O) groups is 2. The number of nitrogens with zero attached hydrogens (tertiary/aromatic N) is 2. The van der Waals surface area contributed by atoms with Crippen LogP contribution in [0, 0.1) is 11.6 Å². The standard InChI is InChI=1S/C28H16F2N2O2/c29-17-9-13-19(14-10-17)31-23-7-3-1-5-21(23)27(33)25(31)26-28(34)22-6-2-4-8-24(22)32(26)20-15-11-18(30)12-16-20/h1-16H/b26-25-. The summed E-state index contributed by atoms with van der Waals surface area (Å²) in [7, 11) is 0. The van der Waals surface area contributed by atoms with Crippen molar-refractivity contribution in [2.75, 3.05) is 9.80 Å². The molecule has 0 aromatic heterocycles. The molecule has 0 atom stereocenters. The van der Waals surface area contributed by atoms with Crippen molar-refractivity contribution in [2.45, 2.75) is 0 Å². The van der Waals surface area contributed by atoms with Gasteiger partial charge >= 0.3 is 0 Å². The van der Waals surface area contributed by atoms with Gasteiger partial charge < -0.3 is 9.80 Å². The fourth-order valence-corrected chi connectivity index (χ4v) is 4.56. The number of carbonyl (C=O) groups excluding carboxylic acids is 2. The molecule has 0 unspecified atom stereocenters. The second kappa shape index (κ2) is 7.49. The monoisotopic (exact) mass is 450 g/mol. The molecule has 6 heteroatoms. The molecule has 2 aliphatic heterocycles. The van der Waals surface area contributed by atoms with E-state index >= 15 is 0 Å². The van der Waals surface area contributed by atoms with Gasteiger partial charge in [0.05, 0.1) is 11.4 Å². The van der Waals surface area contributed by atoms with Crippen LogP contribution in [0.15, 0.2) is 108 Å². The van der Waals surface area contributed by atoms with Crippen LogP contribution in [0.4, 0.5) is 31.5 Å². The molecule has 164 valence electrons. The van der Waals surface area contributed by atoms with Crippen molar-refractivity contribution in [2.24, 2.45) is 0 Å². The van der Waals surface area contributed by atoms with Crippen molar-refractivity contribution in [1.29, 1.82) is 0 Å². The molecule has 6 rings (SSSR count). The van der Waals surface area contributed by atoms with Crippen LogP contribution in [0.5, 0.6) is 0 Å². The van der Waals surface area contributed by atoms with Crippen LogP contribution in [0.25, 0.3) is 0 Å². The van der Waals surface area contributed by atoms with Crippen molar-refractivity contribution in [1.82, 2.24) is 0 Å². The molecule has 0 aliphatic carbocycles. The molecule has 34 heavy (non-hydrogen) atoms. The summed E-state index contributed by atoms with van der Waals surface area (Å²) in [5, 5.41) is 0. The average molecular weight is 450 g/mol. The molecule has 2 heterocycles. The molecular weight excluding hydrogens is 434 g/mol. The molecule has 0 fully saturated rings. The molecule has 0 bridgehead atoms. The Morgan fingerprint density at radius 3 is 1.21 bits per heavy atom. The number of para-hydroxylation sites is 2. The molecule has 0 saturated heterocycles. The number of hydrogen-bond acceptors (Lipinski definition) is 4. The lowest BCUT2D eigenvalue weighted by Gasteiger charge is -2.26. The van der Waals surface area contributed by atoms with Gasteiger partial charge in [0.15, 0.2) is 0 Å². The van der Waals surface area contributed by atoms with Gasteiger partial charge in [-0.3, -0.25) is 9.59 Å². The van der Waals surface area contributed by atoms with E-state index < -0.39 is 11.6 Å². The minimum Gasteiger partial charge on any atom is -0.304 e. The minimum absolute atomic E-state index is 0.165. The Balaban J connectivity index is 1.66. The van der Waals surface area contributed by atoms with E-state index in [0.717, 1.165) is 0 Å². The number of halogens is 2. The fraction of sp³-hybridized carbons (Fsp3) is 0. The maximum Gasteiger partial charge on any atom is 0.214 e. The summed E-state index contributed by atoms with van der Waals surface area (Å²) in [6.45, 7) is 0. The van der Waals surface area contributed by atoms with Crippen LogP contribution in [-0.4, -0.2) is 11.6 Å². The highest BCUT2D eigenvalue weighted by molar-refractivity contribution is 6.30. The number of fused-ring (bicyclic) bond motifs is 2. The molecular formula is C28H16F2N2O2. The lowest BCUT2D eigenvalue weighted by molar-refractivity contribution is 0.101. The number of benzene rings is 4. The molecule has 2 aliphatic rings. The highest BCUT2D eigenvalue weighted by Gasteiger charge is 2.43. The minimum atomic E-state index is -0.408. The second-order valence-electron chi connectivity index (χ2n) is 8.01. The van der Waals surface area contributed by atoms with E-state index in [0.29, 0.717) is 33.9 Å². The van der Waals surface area contributed by atoms with Gasteiger partial charge in [-0.25, -0.2) is 8.78 Å². The Morgan fingerprint density at radius 1 is 0.471 bits per heavy atom. The van der Waals surface area contributed by atoms with Gasteiger partial charge in [0.25, 0.3) is 0 Å². The van der Waals surface area contributed by atoms with E-state index in [4.69, 9.17) is 0 Å². The Kier molecular flexibility index (Phi) is 4.42. The van der Waals surface area contributed by atoms with E-state index in [1.54, 1.807) is 82.6 Å². The predicted molar refractivity (Wildman–Crippen MR) is 126 cm³/mol. The number of hydrogen-bond donors (Lipinski definition) is 0. The lowest BCUT2D eigenvalue weighted by atomic mass is 10.1. The summed E-state index contributed by atoms with van der Waals surface area (Å²) in [6.07, 6.45) is 0. The molecule has 0 spiro atoms. The second-order valence-corrected chi connectivity index (χ2v) is 8.01. The van der Waals surface area contributed by atoms with Crippen LogP contribution in [0.2, 0.25) is 0 Å². The molecule has 0 saturated carbocycles. The van der Waals surface area contributed by atoms with Crippen LogP contribution in [0.3, 0.4) is 0 Å². The zero-order valence-electron chi connectivity index (χ0n) is 17.7. The van der Waals surface area contributed by atoms with Gasteiger partial charge in [-0.05, 0) is 72.8 Å². The third-order valence-corrected chi connectivity index (χ3v) is 6.05. The highest BCUT2D eigenvalue weighted by atomic mass is 19.1. The summed E-state index contributed by atoms with van der Waals surface area (Å²) in [5.41, 5.74) is 3.51. The van der Waals surface area contributed by atoms with Crippen molar-refractivity contribution in [3.63, 3.8) is 0 Å². The van der Waals surface area contributed by atoms with E-state index in [1.165, 1.54) is 24.3 Å². The first kappa shape index (κ1) is 20.1. The van der Waals surface area contributed by atoms with Crippen molar-refractivity contribution < 1.29 is 18.4 Å². The average Bonchev–Trinajstić information content (AvgIpc) is 3.31. The maximum absolute atomic E-state index is 13.7. The first-order chi connectivity index (χ1) is 16.5. The van der Waals surface area contributed by atoms with Crippen LogP contribution in [0.1, 0.15) is 20.7 Å². The first-order valence-corrected chi connectivity index (χ1v) is 10.7. The van der Waals surface area contributed by atoms with Crippen molar-refractivity contribution >= 4 is 34.3 Å². The summed E-state index contributed by atoms with van der Waals surface area (Å²) < 4.78 is 27.4. The summed E-state index contributed by atoms with van der Waals surface area (Å²) in [5.74, 6) is -1.45. The van der Waals surface area contributed by atoms with Gasteiger partial charge in [0.1, 0.15) is 23.0 Å². The quantitative estimate of drug-likeness (QED) is 0.325. The molecule has 0 amide bonds. The third kappa shape index (κ3) is 2.89. The van der Waals surface area contributed by atoms with E-state index in [1.807, 2.05) is 0 Å². The van der Waals surface area contributed by atoms with Crippen LogP contribution in [-0.2, 0) is 0 Å².